The summed E-state index contributed by atoms with van der Waals surface area (Å²) in [7, 11) is -3.58. The zero-order valence-corrected chi connectivity index (χ0v) is 15.0. The van der Waals surface area contributed by atoms with Gasteiger partial charge in [-0.1, -0.05) is 29.8 Å². The van der Waals surface area contributed by atoms with Crippen molar-refractivity contribution in [1.82, 2.24) is 4.31 Å². The van der Waals surface area contributed by atoms with Crippen molar-refractivity contribution in [1.29, 1.82) is 0 Å². The summed E-state index contributed by atoms with van der Waals surface area (Å²) in [5.41, 5.74) is 3.45. The maximum atomic E-state index is 13.3. The van der Waals surface area contributed by atoms with Crippen LogP contribution >= 0.6 is 0 Å². The van der Waals surface area contributed by atoms with Crippen molar-refractivity contribution in [3.8, 4) is 0 Å². The molecule has 0 bridgehead atoms. The molecule has 5 heteroatoms. The summed E-state index contributed by atoms with van der Waals surface area (Å²) in [5.74, 6) is -0.309. The van der Waals surface area contributed by atoms with Crippen LogP contribution < -0.4 is 0 Å². The Morgan fingerprint density at radius 3 is 2.21 bits per heavy atom. The van der Waals surface area contributed by atoms with Crippen LogP contribution in [0.15, 0.2) is 41.3 Å². The molecule has 2 aromatic carbocycles. The van der Waals surface area contributed by atoms with Crippen molar-refractivity contribution in [2.75, 3.05) is 6.54 Å². The third-order valence-electron chi connectivity index (χ3n) is 4.63. The van der Waals surface area contributed by atoms with E-state index in [1.165, 1.54) is 12.1 Å². The quantitative estimate of drug-likeness (QED) is 0.831. The summed E-state index contributed by atoms with van der Waals surface area (Å²) in [5, 5.41) is 0. The number of hydrogen-bond donors (Lipinski definition) is 0. The normalized spacial score (nSPS) is 18.9. The maximum Gasteiger partial charge on any atom is 0.244 e. The number of benzene rings is 2. The van der Waals surface area contributed by atoms with Gasteiger partial charge in [0.1, 0.15) is 5.82 Å². The van der Waals surface area contributed by atoms with E-state index in [1.807, 2.05) is 32.9 Å². The molecule has 3 nitrogen and oxygen atoms in total. The third kappa shape index (κ3) is 2.98. The van der Waals surface area contributed by atoms with Gasteiger partial charge in [0.05, 0.1) is 10.9 Å². The van der Waals surface area contributed by atoms with Crippen LogP contribution in [-0.4, -0.2) is 19.3 Å². The Balaban J connectivity index is 2.04. The number of aryl methyl sites for hydroxylation is 3. The lowest BCUT2D eigenvalue weighted by molar-refractivity contribution is 0.396. The van der Waals surface area contributed by atoms with Crippen molar-refractivity contribution in [2.24, 2.45) is 0 Å². The molecule has 1 heterocycles. The molecule has 0 radical (unpaired) electrons. The van der Waals surface area contributed by atoms with Crippen LogP contribution in [0.3, 0.4) is 0 Å². The van der Waals surface area contributed by atoms with Gasteiger partial charge in [-0.3, -0.25) is 0 Å². The molecule has 24 heavy (non-hydrogen) atoms. The fourth-order valence-electron chi connectivity index (χ4n) is 3.74. The molecule has 1 atom stereocenters. The molecule has 0 spiro atoms. The second-order valence-electron chi connectivity index (χ2n) is 6.55. The smallest absolute Gasteiger partial charge is 0.207 e. The molecule has 1 saturated heterocycles. The standard InChI is InChI=1S/C19H22FNO2S/c1-13-11-14(2)19(15(3)12-13)24(22,23)21-10-4-5-18(21)16-6-8-17(20)9-7-16/h6-9,11-12,18H,4-5,10H2,1-3H3. The lowest BCUT2D eigenvalue weighted by Crippen LogP contribution is -2.31. The average molecular weight is 347 g/mol. The molecule has 2 aromatic rings. The van der Waals surface area contributed by atoms with E-state index in [0.717, 1.165) is 35.1 Å². The molecular weight excluding hydrogens is 325 g/mol. The van der Waals surface area contributed by atoms with E-state index in [0.29, 0.717) is 11.4 Å². The van der Waals surface area contributed by atoms with Gasteiger partial charge in [-0.05, 0) is 62.4 Å². The van der Waals surface area contributed by atoms with Crippen molar-refractivity contribution in [3.63, 3.8) is 0 Å². The number of nitrogens with zero attached hydrogens (tertiary/aromatic N) is 1. The summed E-state index contributed by atoms with van der Waals surface area (Å²) in [6, 6.07) is 9.73. The molecule has 3 rings (SSSR count). The number of hydrogen-bond acceptors (Lipinski definition) is 2. The molecule has 0 aliphatic carbocycles. The van der Waals surface area contributed by atoms with Crippen LogP contribution in [0, 0.1) is 26.6 Å². The molecule has 1 unspecified atom stereocenters. The molecular formula is C19H22FNO2S. The largest absolute Gasteiger partial charge is 0.244 e. The molecule has 1 aliphatic rings. The van der Waals surface area contributed by atoms with Gasteiger partial charge in [-0.25, -0.2) is 12.8 Å². The minimum absolute atomic E-state index is 0.226. The highest BCUT2D eigenvalue weighted by Crippen LogP contribution is 2.38. The lowest BCUT2D eigenvalue weighted by Gasteiger charge is -2.26. The van der Waals surface area contributed by atoms with E-state index < -0.39 is 10.0 Å². The highest BCUT2D eigenvalue weighted by atomic mass is 32.2. The molecule has 0 saturated carbocycles. The molecule has 0 N–H and O–H groups in total. The van der Waals surface area contributed by atoms with Gasteiger partial charge < -0.3 is 0 Å². The Morgan fingerprint density at radius 1 is 1.04 bits per heavy atom. The van der Waals surface area contributed by atoms with Crippen molar-refractivity contribution >= 4 is 10.0 Å². The SMILES string of the molecule is Cc1cc(C)c(S(=O)(=O)N2CCCC2c2ccc(F)cc2)c(C)c1. The zero-order valence-electron chi connectivity index (χ0n) is 14.2. The van der Waals surface area contributed by atoms with Gasteiger partial charge in [-0.15, -0.1) is 0 Å². The minimum atomic E-state index is -3.58. The van der Waals surface area contributed by atoms with Crippen molar-refractivity contribution in [3.05, 3.63) is 64.5 Å². The first-order valence-corrected chi connectivity index (χ1v) is 9.60. The molecule has 128 valence electrons. The van der Waals surface area contributed by atoms with Gasteiger partial charge in [0.15, 0.2) is 0 Å². The van der Waals surface area contributed by atoms with Crippen LogP contribution in [0.25, 0.3) is 0 Å². The van der Waals surface area contributed by atoms with Gasteiger partial charge in [0.2, 0.25) is 10.0 Å². The number of halogens is 1. The molecule has 1 fully saturated rings. The highest BCUT2D eigenvalue weighted by molar-refractivity contribution is 7.89. The molecule has 1 aliphatic heterocycles. The first-order chi connectivity index (χ1) is 11.3. The predicted octanol–water partition coefficient (Wildman–Crippen LogP) is 4.28. The summed E-state index contributed by atoms with van der Waals surface area (Å²) >= 11 is 0. The van der Waals surface area contributed by atoms with Crippen molar-refractivity contribution < 1.29 is 12.8 Å². The van der Waals surface area contributed by atoms with Crippen LogP contribution in [0.1, 0.15) is 41.1 Å². The van der Waals surface area contributed by atoms with Gasteiger partial charge >= 0.3 is 0 Å². The van der Waals surface area contributed by atoms with Crippen LogP contribution in [-0.2, 0) is 10.0 Å². The minimum Gasteiger partial charge on any atom is -0.207 e. The second kappa shape index (κ2) is 6.30. The first kappa shape index (κ1) is 17.1. The summed E-state index contributed by atoms with van der Waals surface area (Å²) in [4.78, 5) is 0.405. The third-order valence-corrected chi connectivity index (χ3v) is 6.84. The second-order valence-corrected chi connectivity index (χ2v) is 8.38. The summed E-state index contributed by atoms with van der Waals surface area (Å²) < 4.78 is 41.3. The maximum absolute atomic E-state index is 13.3. The monoisotopic (exact) mass is 347 g/mol. The van der Waals surface area contributed by atoms with Crippen LogP contribution in [0.5, 0.6) is 0 Å². The van der Waals surface area contributed by atoms with E-state index in [-0.39, 0.29) is 11.9 Å². The fourth-order valence-corrected chi connectivity index (χ4v) is 5.83. The van der Waals surface area contributed by atoms with Crippen molar-refractivity contribution in [2.45, 2.75) is 44.6 Å². The number of rotatable bonds is 3. The van der Waals surface area contributed by atoms with E-state index >= 15 is 0 Å². The van der Waals surface area contributed by atoms with Crippen LogP contribution in [0.2, 0.25) is 0 Å². The predicted molar refractivity (Wildman–Crippen MR) is 92.9 cm³/mol. The van der Waals surface area contributed by atoms with Gasteiger partial charge in [0.25, 0.3) is 0 Å². The van der Waals surface area contributed by atoms with E-state index in [9.17, 15) is 12.8 Å². The van der Waals surface area contributed by atoms with Gasteiger partial charge in [0, 0.05) is 6.54 Å². The van der Waals surface area contributed by atoms with E-state index in [4.69, 9.17) is 0 Å². The average Bonchev–Trinajstić information content (AvgIpc) is 2.96. The highest BCUT2D eigenvalue weighted by Gasteiger charge is 2.37. The summed E-state index contributed by atoms with van der Waals surface area (Å²) in [6.45, 7) is 6.15. The van der Waals surface area contributed by atoms with E-state index in [1.54, 1.807) is 16.4 Å². The van der Waals surface area contributed by atoms with E-state index in [2.05, 4.69) is 0 Å². The van der Waals surface area contributed by atoms with Gasteiger partial charge in [-0.2, -0.15) is 4.31 Å². The fraction of sp³-hybridized carbons (Fsp3) is 0.368. The number of sulfonamides is 1. The Bertz CT molecular complexity index is 836. The lowest BCUT2D eigenvalue weighted by atomic mass is 10.1. The first-order valence-electron chi connectivity index (χ1n) is 8.16. The summed E-state index contributed by atoms with van der Waals surface area (Å²) in [6.07, 6.45) is 1.57. The molecule has 0 amide bonds. The Hall–Kier alpha value is -1.72. The zero-order chi connectivity index (χ0) is 17.5. The Kier molecular flexibility index (Phi) is 4.49. The van der Waals surface area contributed by atoms with Crippen LogP contribution in [0.4, 0.5) is 4.39 Å². The topological polar surface area (TPSA) is 37.4 Å². The Labute approximate surface area is 143 Å². The molecule has 0 aromatic heterocycles. The Morgan fingerprint density at radius 2 is 1.62 bits per heavy atom.